The Hall–Kier alpha value is -1.96. The van der Waals surface area contributed by atoms with Crippen LogP contribution in [0.4, 0.5) is 5.69 Å². The van der Waals surface area contributed by atoms with E-state index in [2.05, 4.69) is 10.6 Å². The fourth-order valence-electron chi connectivity index (χ4n) is 4.95. The van der Waals surface area contributed by atoms with Crippen LogP contribution in [0.3, 0.4) is 0 Å². The topological polar surface area (TPSA) is 87.7 Å². The Morgan fingerprint density at radius 3 is 2.68 bits per heavy atom. The lowest BCUT2D eigenvalue weighted by molar-refractivity contribution is -0.143. The third-order valence-electron chi connectivity index (χ3n) is 6.17. The second-order valence-corrected chi connectivity index (χ2v) is 8.42. The minimum atomic E-state index is -1.28. The molecule has 4 atom stereocenters. The zero-order valence-electron chi connectivity index (χ0n) is 16.1. The molecule has 0 aromatic heterocycles. The van der Waals surface area contributed by atoms with E-state index >= 15 is 0 Å². The van der Waals surface area contributed by atoms with Crippen molar-refractivity contribution in [3.05, 3.63) is 28.8 Å². The average molecular weight is 406 g/mol. The molecule has 2 N–H and O–H groups in total. The number of carbonyl (C=O) groups excluding carboxylic acids is 3. The van der Waals surface area contributed by atoms with E-state index in [0.717, 1.165) is 0 Å². The summed E-state index contributed by atoms with van der Waals surface area (Å²) in [4.78, 5) is 41.1. The summed E-state index contributed by atoms with van der Waals surface area (Å²) in [5.74, 6) is -2.13. The molecule has 4 rings (SSSR count). The number of anilines is 1. The number of benzene rings is 1. The van der Waals surface area contributed by atoms with Crippen molar-refractivity contribution in [2.45, 2.75) is 31.8 Å². The van der Waals surface area contributed by atoms with E-state index in [0.29, 0.717) is 35.8 Å². The van der Waals surface area contributed by atoms with Gasteiger partial charge in [-0.3, -0.25) is 24.6 Å². The van der Waals surface area contributed by atoms with Gasteiger partial charge in [0.1, 0.15) is 5.54 Å². The molecule has 0 unspecified atom stereocenters. The van der Waals surface area contributed by atoms with E-state index in [1.165, 1.54) is 4.90 Å². The molecule has 0 saturated carbocycles. The Morgan fingerprint density at radius 1 is 1.25 bits per heavy atom. The van der Waals surface area contributed by atoms with Crippen LogP contribution in [-0.4, -0.2) is 48.9 Å². The van der Waals surface area contributed by atoms with Crippen molar-refractivity contribution in [1.82, 2.24) is 10.2 Å². The standard InChI is InChI=1S/C20H24ClN3O4/c1-10(2)15-13-14(18(26)24(17(13)25)8-5-9-28-3)20(23-15)11-6-4-7-12(21)16(11)22-19(20)27/h4,6-7,10,13-15,23H,5,8-9H2,1-3H3,(H,22,27)/t13-,14-,15-,20+/m0/s1. The molecular weight excluding hydrogens is 382 g/mol. The summed E-state index contributed by atoms with van der Waals surface area (Å²) in [5.41, 5.74) is -0.117. The van der Waals surface area contributed by atoms with E-state index in [1.807, 2.05) is 13.8 Å². The molecule has 1 aromatic rings. The van der Waals surface area contributed by atoms with Gasteiger partial charge < -0.3 is 10.1 Å². The molecule has 3 aliphatic heterocycles. The number of nitrogens with zero attached hydrogens (tertiary/aromatic N) is 1. The number of halogens is 1. The molecule has 0 aliphatic carbocycles. The molecule has 150 valence electrons. The quantitative estimate of drug-likeness (QED) is 0.575. The smallest absolute Gasteiger partial charge is 0.250 e. The van der Waals surface area contributed by atoms with Crippen LogP contribution in [0.25, 0.3) is 0 Å². The molecule has 3 amide bonds. The average Bonchev–Trinajstić information content (AvgIpc) is 3.24. The highest BCUT2D eigenvalue weighted by molar-refractivity contribution is 6.35. The molecule has 3 heterocycles. The first kappa shape index (κ1) is 19.4. The van der Waals surface area contributed by atoms with Gasteiger partial charge in [0.05, 0.1) is 22.5 Å². The van der Waals surface area contributed by atoms with E-state index in [-0.39, 0.29) is 29.7 Å². The van der Waals surface area contributed by atoms with Crippen LogP contribution < -0.4 is 10.6 Å². The van der Waals surface area contributed by atoms with Crippen LogP contribution in [0.5, 0.6) is 0 Å². The van der Waals surface area contributed by atoms with Crippen molar-refractivity contribution in [2.24, 2.45) is 17.8 Å². The van der Waals surface area contributed by atoms with Crippen molar-refractivity contribution < 1.29 is 19.1 Å². The van der Waals surface area contributed by atoms with Gasteiger partial charge >= 0.3 is 0 Å². The summed E-state index contributed by atoms with van der Waals surface area (Å²) in [6, 6.07) is 4.98. The maximum atomic E-state index is 13.4. The normalized spacial score (nSPS) is 31.1. The summed E-state index contributed by atoms with van der Waals surface area (Å²) in [7, 11) is 1.58. The van der Waals surface area contributed by atoms with Crippen LogP contribution in [-0.2, 0) is 24.7 Å². The van der Waals surface area contributed by atoms with Crippen LogP contribution in [0.2, 0.25) is 5.02 Å². The molecule has 8 heteroatoms. The minimum absolute atomic E-state index is 0.0681. The lowest BCUT2D eigenvalue weighted by atomic mass is 9.76. The lowest BCUT2D eigenvalue weighted by Crippen LogP contribution is -2.54. The summed E-state index contributed by atoms with van der Waals surface area (Å²) < 4.78 is 5.06. The number of fused-ring (bicyclic) bond motifs is 4. The summed E-state index contributed by atoms with van der Waals surface area (Å²) >= 11 is 6.30. The summed E-state index contributed by atoms with van der Waals surface area (Å²) in [5, 5.41) is 6.64. The first-order valence-electron chi connectivity index (χ1n) is 9.57. The number of carbonyl (C=O) groups is 3. The van der Waals surface area contributed by atoms with Gasteiger partial charge in [-0.1, -0.05) is 37.6 Å². The monoisotopic (exact) mass is 405 g/mol. The van der Waals surface area contributed by atoms with Crippen LogP contribution in [0.1, 0.15) is 25.8 Å². The summed E-state index contributed by atoms with van der Waals surface area (Å²) in [6.45, 7) is 4.74. The maximum absolute atomic E-state index is 13.4. The molecular formula is C20H24ClN3O4. The van der Waals surface area contributed by atoms with Gasteiger partial charge in [0.25, 0.3) is 0 Å². The second-order valence-electron chi connectivity index (χ2n) is 8.02. The van der Waals surface area contributed by atoms with Gasteiger partial charge in [-0.2, -0.15) is 0 Å². The number of hydrogen-bond acceptors (Lipinski definition) is 5. The molecule has 7 nitrogen and oxygen atoms in total. The fourth-order valence-corrected chi connectivity index (χ4v) is 5.17. The number of ether oxygens (including phenoxy) is 1. The SMILES string of the molecule is COCCCN1C(=O)[C@H]2[C@@H](C1=O)[C@@]1(N[C@H]2C(C)C)C(=O)Nc2c(Cl)cccc21. The molecule has 28 heavy (non-hydrogen) atoms. The first-order valence-corrected chi connectivity index (χ1v) is 9.94. The Bertz CT molecular complexity index is 858. The number of hydrogen-bond donors (Lipinski definition) is 2. The fraction of sp³-hybridized carbons (Fsp3) is 0.550. The first-order chi connectivity index (χ1) is 13.3. The Kier molecular flexibility index (Phi) is 4.72. The minimum Gasteiger partial charge on any atom is -0.385 e. The maximum Gasteiger partial charge on any atom is 0.250 e. The van der Waals surface area contributed by atoms with E-state index in [1.54, 1.807) is 25.3 Å². The Morgan fingerprint density at radius 2 is 2.00 bits per heavy atom. The van der Waals surface area contributed by atoms with Gasteiger partial charge in [-0.15, -0.1) is 0 Å². The van der Waals surface area contributed by atoms with Crippen molar-refractivity contribution in [1.29, 1.82) is 0 Å². The number of likely N-dealkylation sites (tertiary alicyclic amines) is 1. The van der Waals surface area contributed by atoms with E-state index in [9.17, 15) is 14.4 Å². The highest BCUT2D eigenvalue weighted by atomic mass is 35.5. The van der Waals surface area contributed by atoms with Crippen LogP contribution in [0, 0.1) is 17.8 Å². The second kappa shape index (κ2) is 6.83. The number of nitrogens with one attached hydrogen (secondary N) is 2. The zero-order valence-corrected chi connectivity index (χ0v) is 16.9. The third-order valence-corrected chi connectivity index (χ3v) is 6.49. The summed E-state index contributed by atoms with van der Waals surface area (Å²) in [6.07, 6.45) is 0.564. The van der Waals surface area contributed by atoms with E-state index < -0.39 is 17.4 Å². The van der Waals surface area contributed by atoms with Gasteiger partial charge in [0, 0.05) is 31.9 Å². The predicted octanol–water partition coefficient (Wildman–Crippen LogP) is 1.75. The number of amides is 3. The molecule has 2 fully saturated rings. The van der Waals surface area contributed by atoms with Gasteiger partial charge in [-0.25, -0.2) is 0 Å². The van der Waals surface area contributed by atoms with E-state index in [4.69, 9.17) is 16.3 Å². The van der Waals surface area contributed by atoms with Crippen molar-refractivity contribution in [3.63, 3.8) is 0 Å². The number of rotatable bonds is 5. The van der Waals surface area contributed by atoms with Gasteiger partial charge in [0.15, 0.2) is 0 Å². The molecule has 0 radical (unpaired) electrons. The lowest BCUT2D eigenvalue weighted by Gasteiger charge is -2.30. The highest BCUT2D eigenvalue weighted by Crippen LogP contribution is 2.54. The van der Waals surface area contributed by atoms with Crippen molar-refractivity contribution >= 4 is 35.0 Å². The number of para-hydroxylation sites is 1. The molecule has 3 aliphatic rings. The van der Waals surface area contributed by atoms with Crippen LogP contribution >= 0.6 is 11.6 Å². The zero-order chi connectivity index (χ0) is 20.2. The Balaban J connectivity index is 1.81. The largest absolute Gasteiger partial charge is 0.385 e. The third kappa shape index (κ3) is 2.46. The van der Waals surface area contributed by atoms with Crippen molar-refractivity contribution in [3.8, 4) is 0 Å². The molecule has 2 saturated heterocycles. The van der Waals surface area contributed by atoms with Crippen LogP contribution in [0.15, 0.2) is 18.2 Å². The molecule has 1 spiro atoms. The molecule has 1 aromatic carbocycles. The number of imide groups is 1. The van der Waals surface area contributed by atoms with Gasteiger partial charge in [-0.05, 0) is 18.4 Å². The van der Waals surface area contributed by atoms with Gasteiger partial charge in [0.2, 0.25) is 17.7 Å². The predicted molar refractivity (Wildman–Crippen MR) is 104 cm³/mol. The number of methoxy groups -OCH3 is 1. The highest BCUT2D eigenvalue weighted by Gasteiger charge is 2.70. The molecule has 0 bridgehead atoms. The Labute approximate surface area is 168 Å². The van der Waals surface area contributed by atoms with Crippen molar-refractivity contribution in [2.75, 3.05) is 25.6 Å².